The molecule has 8 nitrogen and oxygen atoms in total. The summed E-state index contributed by atoms with van der Waals surface area (Å²) in [5, 5.41) is 16.6. The number of ketones is 1. The van der Waals surface area contributed by atoms with Crippen molar-refractivity contribution in [2.75, 3.05) is 24.9 Å². The molecule has 0 bridgehead atoms. The van der Waals surface area contributed by atoms with E-state index in [1.807, 2.05) is 29.6 Å². The Morgan fingerprint density at radius 2 is 1.97 bits per heavy atom. The predicted molar refractivity (Wildman–Crippen MR) is 112 cm³/mol. The topological polar surface area (TPSA) is 98.5 Å². The Bertz CT molecular complexity index is 1120. The lowest BCUT2D eigenvalue weighted by molar-refractivity contribution is -0.116. The standard InChI is InChI=1S/C21H20N4O4S/c1-27-15-6-3-5-12(19(15)28-2)18-17-13(22-20-21(23-18)25-29-24-20)9-11(10-14(17)26)16-7-4-8-30-16/h3-8,11,18H,9-10H2,1-2H3,(H,22,24)(H,23,25)/t11-,18-/m0/s1. The van der Waals surface area contributed by atoms with Crippen molar-refractivity contribution in [3.63, 3.8) is 0 Å². The van der Waals surface area contributed by atoms with Crippen LogP contribution in [-0.2, 0) is 4.79 Å². The van der Waals surface area contributed by atoms with E-state index in [9.17, 15) is 4.79 Å². The van der Waals surface area contributed by atoms with Crippen molar-refractivity contribution in [2.45, 2.75) is 24.8 Å². The summed E-state index contributed by atoms with van der Waals surface area (Å²) in [6.45, 7) is 0. The molecule has 30 heavy (non-hydrogen) atoms. The lowest BCUT2D eigenvalue weighted by Crippen LogP contribution is -2.27. The molecule has 1 aliphatic heterocycles. The minimum atomic E-state index is -0.484. The molecule has 2 aliphatic rings. The first kappa shape index (κ1) is 18.7. The summed E-state index contributed by atoms with van der Waals surface area (Å²) < 4.78 is 16.0. The number of methoxy groups -OCH3 is 2. The number of hydrogen-bond donors (Lipinski definition) is 2. The van der Waals surface area contributed by atoms with Gasteiger partial charge in [0.1, 0.15) is 0 Å². The van der Waals surface area contributed by atoms with Crippen LogP contribution in [-0.4, -0.2) is 30.3 Å². The van der Waals surface area contributed by atoms with Crippen LogP contribution in [0.25, 0.3) is 0 Å². The summed E-state index contributed by atoms with van der Waals surface area (Å²) in [6, 6.07) is 9.23. The number of anilines is 2. The average molecular weight is 424 g/mol. The first-order valence-corrected chi connectivity index (χ1v) is 10.4. The van der Waals surface area contributed by atoms with E-state index < -0.39 is 6.04 Å². The smallest absolute Gasteiger partial charge is 0.219 e. The number of carbonyl (C=O) groups excluding carboxylic acids is 1. The molecule has 0 spiro atoms. The van der Waals surface area contributed by atoms with Gasteiger partial charge in [-0.05, 0) is 34.2 Å². The molecule has 0 unspecified atom stereocenters. The maximum Gasteiger partial charge on any atom is 0.219 e. The van der Waals surface area contributed by atoms with Gasteiger partial charge in [-0.3, -0.25) is 4.79 Å². The van der Waals surface area contributed by atoms with Crippen molar-refractivity contribution in [1.82, 2.24) is 10.3 Å². The summed E-state index contributed by atoms with van der Waals surface area (Å²) in [6.07, 6.45) is 1.14. The number of nitrogens with one attached hydrogen (secondary N) is 2. The number of allylic oxidation sites excluding steroid dienone is 1. The quantitative estimate of drug-likeness (QED) is 0.645. The zero-order chi connectivity index (χ0) is 20.7. The van der Waals surface area contributed by atoms with Gasteiger partial charge in [-0.25, -0.2) is 4.63 Å². The van der Waals surface area contributed by atoms with Gasteiger partial charge >= 0.3 is 0 Å². The molecule has 0 amide bonds. The number of Topliss-reactive ketones (excluding diaryl/α,β-unsaturated/α-hetero) is 1. The third-order valence-corrected chi connectivity index (χ3v) is 6.56. The Labute approximate surface area is 176 Å². The number of rotatable bonds is 4. The Morgan fingerprint density at radius 1 is 1.10 bits per heavy atom. The van der Waals surface area contributed by atoms with Gasteiger partial charge in [-0.2, -0.15) is 0 Å². The fourth-order valence-electron chi connectivity index (χ4n) is 4.20. The van der Waals surface area contributed by atoms with Gasteiger partial charge in [-0.15, -0.1) is 11.3 Å². The SMILES string of the molecule is COc1cccc([C@@H]2Nc3nonc3NC3=C2C(=O)C[C@@H](c2cccs2)C3)c1OC. The van der Waals surface area contributed by atoms with Gasteiger partial charge in [0.2, 0.25) is 11.6 Å². The minimum absolute atomic E-state index is 0.0756. The van der Waals surface area contributed by atoms with Crippen LogP contribution in [0.2, 0.25) is 0 Å². The second-order valence-electron chi connectivity index (χ2n) is 7.18. The number of ether oxygens (including phenoxy) is 2. The largest absolute Gasteiger partial charge is 0.493 e. The third-order valence-electron chi connectivity index (χ3n) is 5.53. The molecule has 1 aliphatic carbocycles. The highest BCUT2D eigenvalue weighted by molar-refractivity contribution is 7.10. The van der Waals surface area contributed by atoms with E-state index in [-0.39, 0.29) is 11.7 Å². The minimum Gasteiger partial charge on any atom is -0.493 e. The zero-order valence-corrected chi connectivity index (χ0v) is 17.3. The number of benzene rings is 1. The van der Waals surface area contributed by atoms with Gasteiger partial charge in [-0.1, -0.05) is 18.2 Å². The van der Waals surface area contributed by atoms with E-state index in [1.165, 1.54) is 4.88 Å². The molecule has 154 valence electrons. The highest BCUT2D eigenvalue weighted by Gasteiger charge is 2.39. The molecule has 0 radical (unpaired) electrons. The van der Waals surface area contributed by atoms with E-state index in [0.29, 0.717) is 41.5 Å². The van der Waals surface area contributed by atoms with Crippen molar-refractivity contribution in [3.05, 3.63) is 57.4 Å². The molecule has 2 atom stereocenters. The normalized spacial score (nSPS) is 20.5. The fraction of sp³-hybridized carbons (Fsp3) is 0.286. The van der Waals surface area contributed by atoms with Crippen LogP contribution in [0, 0.1) is 0 Å². The maximum atomic E-state index is 13.4. The molecular weight excluding hydrogens is 404 g/mol. The number of thiophene rings is 1. The molecule has 9 heteroatoms. The molecule has 2 N–H and O–H groups in total. The number of carbonyl (C=O) groups is 1. The van der Waals surface area contributed by atoms with Crippen LogP contribution in [0.15, 0.2) is 51.6 Å². The molecule has 0 fully saturated rings. The molecule has 1 aromatic carbocycles. The Kier molecular flexibility index (Phi) is 4.66. The summed E-state index contributed by atoms with van der Waals surface area (Å²) in [5.74, 6) is 2.27. The highest BCUT2D eigenvalue weighted by Crippen LogP contribution is 2.47. The zero-order valence-electron chi connectivity index (χ0n) is 16.5. The summed E-state index contributed by atoms with van der Waals surface area (Å²) in [4.78, 5) is 14.6. The van der Waals surface area contributed by atoms with E-state index >= 15 is 0 Å². The predicted octanol–water partition coefficient (Wildman–Crippen LogP) is 4.13. The molecule has 3 heterocycles. The van der Waals surface area contributed by atoms with Crippen molar-refractivity contribution in [3.8, 4) is 11.5 Å². The summed E-state index contributed by atoms with van der Waals surface area (Å²) in [5.41, 5.74) is 2.26. The van der Waals surface area contributed by atoms with Gasteiger partial charge in [0, 0.05) is 34.0 Å². The lowest BCUT2D eigenvalue weighted by Gasteiger charge is -2.29. The van der Waals surface area contributed by atoms with Crippen LogP contribution in [0.4, 0.5) is 11.6 Å². The van der Waals surface area contributed by atoms with E-state index in [2.05, 4.69) is 27.0 Å². The fourth-order valence-corrected chi connectivity index (χ4v) is 5.03. The van der Waals surface area contributed by atoms with Gasteiger partial charge in [0.25, 0.3) is 0 Å². The number of nitrogens with zero attached hydrogens (tertiary/aromatic N) is 2. The van der Waals surface area contributed by atoms with Gasteiger partial charge < -0.3 is 20.1 Å². The van der Waals surface area contributed by atoms with E-state index in [1.54, 1.807) is 25.6 Å². The lowest BCUT2D eigenvalue weighted by atomic mass is 9.80. The number of hydrogen-bond acceptors (Lipinski definition) is 9. The van der Waals surface area contributed by atoms with E-state index in [4.69, 9.17) is 14.1 Å². The van der Waals surface area contributed by atoms with Crippen molar-refractivity contribution >= 4 is 28.8 Å². The van der Waals surface area contributed by atoms with Crippen LogP contribution in [0.3, 0.4) is 0 Å². The van der Waals surface area contributed by atoms with Crippen LogP contribution in [0.5, 0.6) is 11.5 Å². The monoisotopic (exact) mass is 424 g/mol. The highest BCUT2D eigenvalue weighted by atomic mass is 32.1. The van der Waals surface area contributed by atoms with Crippen LogP contribution >= 0.6 is 11.3 Å². The molecular formula is C21H20N4O4S. The molecule has 0 saturated carbocycles. The maximum absolute atomic E-state index is 13.4. The molecule has 0 saturated heterocycles. The Morgan fingerprint density at radius 3 is 2.73 bits per heavy atom. The Hall–Kier alpha value is -3.33. The molecule has 5 rings (SSSR count). The van der Waals surface area contributed by atoms with Crippen LogP contribution in [0.1, 0.15) is 35.2 Å². The first-order valence-electron chi connectivity index (χ1n) is 9.56. The van der Waals surface area contributed by atoms with E-state index in [0.717, 1.165) is 11.3 Å². The summed E-state index contributed by atoms with van der Waals surface area (Å²) in [7, 11) is 3.18. The van der Waals surface area contributed by atoms with Gasteiger partial charge in [0.05, 0.1) is 20.3 Å². The second-order valence-corrected chi connectivity index (χ2v) is 8.16. The van der Waals surface area contributed by atoms with Gasteiger partial charge in [0.15, 0.2) is 17.3 Å². The number of aromatic nitrogens is 2. The average Bonchev–Trinajstić information content (AvgIpc) is 3.42. The van der Waals surface area contributed by atoms with Crippen molar-refractivity contribution in [1.29, 1.82) is 0 Å². The second kappa shape index (κ2) is 7.49. The Balaban J connectivity index is 1.65. The third kappa shape index (κ3) is 3.02. The summed E-state index contributed by atoms with van der Waals surface area (Å²) >= 11 is 1.67. The first-order chi connectivity index (χ1) is 14.7. The van der Waals surface area contributed by atoms with Crippen molar-refractivity contribution in [2.24, 2.45) is 0 Å². The number of fused-ring (bicyclic) bond motifs is 1. The van der Waals surface area contributed by atoms with Crippen molar-refractivity contribution < 1.29 is 18.9 Å². The molecule has 3 aromatic rings. The molecule has 2 aromatic heterocycles. The van der Waals surface area contributed by atoms with Crippen LogP contribution < -0.4 is 20.1 Å². The number of para-hydroxylation sites is 1.